The molecule has 0 fully saturated rings. The molecule has 1 amide bonds. The maximum absolute atomic E-state index is 13.3. The van der Waals surface area contributed by atoms with Crippen molar-refractivity contribution in [1.29, 1.82) is 0 Å². The molecule has 1 aliphatic heterocycles. The minimum atomic E-state index is -0.222. The van der Waals surface area contributed by atoms with Crippen molar-refractivity contribution in [2.45, 2.75) is 0 Å². The number of hydrogen-bond acceptors (Lipinski definition) is 3. The molecule has 29 heavy (non-hydrogen) atoms. The van der Waals surface area contributed by atoms with E-state index in [-0.39, 0.29) is 11.5 Å². The van der Waals surface area contributed by atoms with E-state index in [1.54, 1.807) is 22.8 Å². The lowest BCUT2D eigenvalue weighted by Gasteiger charge is -2.12. The number of benzene rings is 3. The molecule has 0 unspecified atom stereocenters. The van der Waals surface area contributed by atoms with Crippen LogP contribution in [0.2, 0.25) is 0 Å². The molecule has 1 aliphatic rings. The number of rotatable bonds is 2. The van der Waals surface area contributed by atoms with Gasteiger partial charge < -0.3 is 5.32 Å². The van der Waals surface area contributed by atoms with E-state index in [1.807, 2.05) is 60.7 Å². The molecule has 140 valence electrons. The number of nitrogens with one attached hydrogen (secondary N) is 1. The highest BCUT2D eigenvalue weighted by Crippen LogP contribution is 2.35. The van der Waals surface area contributed by atoms with Crippen LogP contribution in [-0.4, -0.2) is 15.5 Å². The Morgan fingerprint density at radius 1 is 0.931 bits per heavy atom. The molecule has 4 aromatic rings. The molecule has 5 nitrogen and oxygen atoms in total. The molecule has 0 atom stereocenters. The maximum Gasteiger partial charge on any atom is 0.266 e. The Balaban J connectivity index is 1.82. The fraction of sp³-hybridized carbons (Fsp3) is 0. The summed E-state index contributed by atoms with van der Waals surface area (Å²) in [5.41, 5.74) is 3.07. The molecule has 1 aromatic heterocycles. The van der Waals surface area contributed by atoms with Crippen molar-refractivity contribution in [3.05, 3.63) is 99.0 Å². The van der Waals surface area contributed by atoms with Crippen LogP contribution in [0.4, 0.5) is 5.69 Å². The summed E-state index contributed by atoms with van der Waals surface area (Å²) in [5, 5.41) is 3.39. The summed E-state index contributed by atoms with van der Waals surface area (Å²) < 4.78 is 2.41. The zero-order valence-electron chi connectivity index (χ0n) is 15.1. The van der Waals surface area contributed by atoms with E-state index >= 15 is 0 Å². The predicted molar refractivity (Wildman–Crippen MR) is 118 cm³/mol. The molecule has 2 heterocycles. The number of anilines is 1. The van der Waals surface area contributed by atoms with Gasteiger partial charge in [-0.15, -0.1) is 0 Å². The molecule has 0 bridgehead atoms. The summed E-state index contributed by atoms with van der Waals surface area (Å²) in [6.45, 7) is 0. The quantitative estimate of drug-likeness (QED) is 0.459. The Labute approximate surface area is 174 Å². The van der Waals surface area contributed by atoms with E-state index in [1.165, 1.54) is 0 Å². The Bertz CT molecular complexity index is 1370. The van der Waals surface area contributed by atoms with Crippen molar-refractivity contribution in [3.8, 4) is 5.69 Å². The number of aromatic nitrogens is 2. The SMILES string of the molecule is O=C1Nc2ccc(Br)cc2/C1=C\c1nc2ccccc2c(=O)n1-c1ccccc1. The highest BCUT2D eigenvalue weighted by molar-refractivity contribution is 9.10. The van der Waals surface area contributed by atoms with Crippen LogP contribution < -0.4 is 10.9 Å². The van der Waals surface area contributed by atoms with Crippen LogP contribution in [-0.2, 0) is 4.79 Å². The number of nitrogens with zero attached hydrogens (tertiary/aromatic N) is 2. The van der Waals surface area contributed by atoms with Crippen LogP contribution in [0, 0.1) is 0 Å². The van der Waals surface area contributed by atoms with Gasteiger partial charge in [0.1, 0.15) is 5.82 Å². The van der Waals surface area contributed by atoms with Crippen molar-refractivity contribution >= 4 is 50.1 Å². The van der Waals surface area contributed by atoms with Crippen LogP contribution in [0.3, 0.4) is 0 Å². The van der Waals surface area contributed by atoms with Crippen LogP contribution in [0.15, 0.2) is 82.1 Å². The second-order valence-electron chi connectivity index (χ2n) is 6.67. The van der Waals surface area contributed by atoms with E-state index in [0.717, 1.165) is 15.7 Å². The van der Waals surface area contributed by atoms with Gasteiger partial charge in [-0.05, 0) is 48.5 Å². The molecule has 0 spiro atoms. The number of carbonyl (C=O) groups excluding carboxylic acids is 1. The average molecular weight is 444 g/mol. The molecular weight excluding hydrogens is 430 g/mol. The fourth-order valence-electron chi connectivity index (χ4n) is 3.51. The lowest BCUT2D eigenvalue weighted by Crippen LogP contribution is -2.22. The summed E-state index contributed by atoms with van der Waals surface area (Å²) in [6, 6.07) is 22.1. The van der Waals surface area contributed by atoms with Crippen molar-refractivity contribution in [1.82, 2.24) is 9.55 Å². The van der Waals surface area contributed by atoms with Gasteiger partial charge in [0, 0.05) is 15.7 Å². The minimum absolute atomic E-state index is 0.179. The molecule has 0 aliphatic carbocycles. The van der Waals surface area contributed by atoms with Gasteiger partial charge in [-0.2, -0.15) is 0 Å². The number of halogens is 1. The Morgan fingerprint density at radius 2 is 1.69 bits per heavy atom. The van der Waals surface area contributed by atoms with Crippen molar-refractivity contribution in [2.75, 3.05) is 5.32 Å². The highest BCUT2D eigenvalue weighted by atomic mass is 79.9. The number of carbonyl (C=O) groups is 1. The summed E-state index contributed by atoms with van der Waals surface area (Å²) in [4.78, 5) is 30.6. The zero-order valence-corrected chi connectivity index (χ0v) is 16.7. The van der Waals surface area contributed by atoms with Gasteiger partial charge in [-0.3, -0.25) is 14.2 Å². The summed E-state index contributed by atoms with van der Waals surface area (Å²) in [6.07, 6.45) is 1.68. The summed E-state index contributed by atoms with van der Waals surface area (Å²) in [7, 11) is 0. The standard InChI is InChI=1S/C23H14BrN3O2/c24-14-10-11-20-17(12-14)18(22(28)26-20)13-21-25-19-9-5-4-8-16(19)23(29)27(21)15-6-2-1-3-7-15/h1-13H,(H,26,28)/b18-13+. The van der Waals surface area contributed by atoms with Gasteiger partial charge in [-0.25, -0.2) is 4.98 Å². The van der Waals surface area contributed by atoms with Gasteiger partial charge in [0.2, 0.25) is 0 Å². The summed E-state index contributed by atoms with van der Waals surface area (Å²) in [5.74, 6) is 0.179. The Kier molecular flexibility index (Phi) is 4.14. The van der Waals surface area contributed by atoms with Crippen molar-refractivity contribution in [3.63, 3.8) is 0 Å². The smallest absolute Gasteiger partial charge is 0.266 e. The second kappa shape index (κ2) is 6.83. The fourth-order valence-corrected chi connectivity index (χ4v) is 3.87. The van der Waals surface area contributed by atoms with Crippen LogP contribution in [0.25, 0.3) is 28.2 Å². The third-order valence-corrected chi connectivity index (χ3v) is 5.35. The minimum Gasteiger partial charge on any atom is -0.321 e. The first kappa shape index (κ1) is 17.6. The van der Waals surface area contributed by atoms with Crippen molar-refractivity contribution < 1.29 is 4.79 Å². The Morgan fingerprint density at radius 3 is 2.52 bits per heavy atom. The molecule has 3 aromatic carbocycles. The highest BCUT2D eigenvalue weighted by Gasteiger charge is 2.25. The van der Waals surface area contributed by atoms with Gasteiger partial charge in [-0.1, -0.05) is 46.3 Å². The first-order valence-corrected chi connectivity index (χ1v) is 9.81. The van der Waals surface area contributed by atoms with Gasteiger partial charge in [0.15, 0.2) is 0 Å². The average Bonchev–Trinajstić information content (AvgIpc) is 3.03. The second-order valence-corrected chi connectivity index (χ2v) is 7.58. The largest absolute Gasteiger partial charge is 0.321 e. The number of para-hydroxylation sites is 2. The molecule has 0 saturated heterocycles. The molecule has 5 rings (SSSR count). The van der Waals surface area contributed by atoms with Crippen LogP contribution in [0.5, 0.6) is 0 Å². The molecule has 0 radical (unpaired) electrons. The van der Waals surface area contributed by atoms with Gasteiger partial charge in [0.05, 0.1) is 22.2 Å². The third-order valence-electron chi connectivity index (χ3n) is 4.85. The molecule has 1 N–H and O–H groups in total. The van der Waals surface area contributed by atoms with Crippen molar-refractivity contribution in [2.24, 2.45) is 0 Å². The molecule has 6 heteroatoms. The van der Waals surface area contributed by atoms with E-state index in [0.29, 0.717) is 28.0 Å². The number of amides is 1. The topological polar surface area (TPSA) is 64.0 Å². The monoisotopic (exact) mass is 443 g/mol. The molecule has 0 saturated carbocycles. The third kappa shape index (κ3) is 2.98. The Hall–Kier alpha value is -3.51. The van der Waals surface area contributed by atoms with Gasteiger partial charge in [0.25, 0.3) is 11.5 Å². The normalized spacial score (nSPS) is 14.2. The number of hydrogen-bond donors (Lipinski definition) is 1. The predicted octanol–water partition coefficient (Wildman–Crippen LogP) is 4.64. The molecular formula is C23H14BrN3O2. The van der Waals surface area contributed by atoms with Crippen LogP contribution in [0.1, 0.15) is 11.4 Å². The van der Waals surface area contributed by atoms with Gasteiger partial charge >= 0.3 is 0 Å². The zero-order chi connectivity index (χ0) is 20.0. The first-order valence-electron chi connectivity index (χ1n) is 9.02. The van der Waals surface area contributed by atoms with Crippen LogP contribution >= 0.6 is 15.9 Å². The number of fused-ring (bicyclic) bond motifs is 2. The van der Waals surface area contributed by atoms with E-state index < -0.39 is 0 Å². The van der Waals surface area contributed by atoms with E-state index in [4.69, 9.17) is 4.98 Å². The van der Waals surface area contributed by atoms with E-state index in [2.05, 4.69) is 21.2 Å². The maximum atomic E-state index is 13.3. The lowest BCUT2D eigenvalue weighted by atomic mass is 10.1. The van der Waals surface area contributed by atoms with E-state index in [9.17, 15) is 9.59 Å². The summed E-state index contributed by atoms with van der Waals surface area (Å²) >= 11 is 3.46. The first-order chi connectivity index (χ1) is 14.1. The lowest BCUT2D eigenvalue weighted by molar-refractivity contribution is -0.110.